The van der Waals surface area contributed by atoms with Crippen LogP contribution >= 0.6 is 0 Å². The van der Waals surface area contributed by atoms with Gasteiger partial charge in [0.1, 0.15) is 12.6 Å². The lowest BCUT2D eigenvalue weighted by Crippen LogP contribution is -2.56. The van der Waals surface area contributed by atoms with Gasteiger partial charge in [0.15, 0.2) is 0 Å². The summed E-state index contributed by atoms with van der Waals surface area (Å²) in [5.74, 6) is -0.480. The summed E-state index contributed by atoms with van der Waals surface area (Å²) < 4.78 is 0. The molecule has 0 unspecified atom stereocenters. The van der Waals surface area contributed by atoms with E-state index < -0.39 is 0 Å². The van der Waals surface area contributed by atoms with Gasteiger partial charge in [0.2, 0.25) is 11.8 Å². The van der Waals surface area contributed by atoms with Gasteiger partial charge in [-0.1, -0.05) is 19.1 Å². The van der Waals surface area contributed by atoms with Crippen molar-refractivity contribution >= 4 is 34.8 Å². The molecule has 7 heteroatoms. The fourth-order valence-corrected chi connectivity index (χ4v) is 4.48. The number of piperidine rings is 1. The first kappa shape index (κ1) is 21.9. The molecule has 0 radical (unpaired) electrons. The molecular formula is C25H30N4O3. The minimum atomic E-state index is -0.262. The monoisotopic (exact) mass is 434 g/mol. The van der Waals surface area contributed by atoms with Gasteiger partial charge in [0.05, 0.1) is 11.4 Å². The van der Waals surface area contributed by atoms with E-state index in [0.29, 0.717) is 16.9 Å². The second kappa shape index (κ2) is 9.02. The molecule has 3 amide bonds. The lowest BCUT2D eigenvalue weighted by atomic mass is 9.95. The number of fused-ring (bicyclic) bond motifs is 3. The Morgan fingerprint density at radius 3 is 2.50 bits per heavy atom. The smallest absolute Gasteiger partial charge is 0.253 e. The van der Waals surface area contributed by atoms with E-state index in [1.165, 1.54) is 10.5 Å². The fourth-order valence-electron chi connectivity index (χ4n) is 4.48. The first-order chi connectivity index (χ1) is 15.4. The van der Waals surface area contributed by atoms with E-state index in [4.69, 9.17) is 0 Å². The maximum Gasteiger partial charge on any atom is 0.253 e. The number of carbonyl (C=O) groups is 3. The van der Waals surface area contributed by atoms with E-state index in [9.17, 15) is 14.4 Å². The predicted octanol–water partition coefficient (Wildman–Crippen LogP) is 3.30. The van der Waals surface area contributed by atoms with Crippen molar-refractivity contribution in [2.75, 3.05) is 42.3 Å². The molecule has 0 spiro atoms. The van der Waals surface area contributed by atoms with Crippen LogP contribution in [0.15, 0.2) is 42.5 Å². The van der Waals surface area contributed by atoms with Crippen LogP contribution in [-0.2, 0) is 16.0 Å². The summed E-state index contributed by atoms with van der Waals surface area (Å²) in [7, 11) is 3.39. The summed E-state index contributed by atoms with van der Waals surface area (Å²) in [5, 5.41) is 2.90. The van der Waals surface area contributed by atoms with Crippen molar-refractivity contribution in [3.8, 4) is 0 Å². The van der Waals surface area contributed by atoms with Crippen LogP contribution in [0.1, 0.15) is 42.1 Å². The molecule has 32 heavy (non-hydrogen) atoms. The van der Waals surface area contributed by atoms with Crippen LogP contribution in [0.3, 0.4) is 0 Å². The molecule has 2 aliphatic rings. The molecule has 1 fully saturated rings. The highest BCUT2D eigenvalue weighted by Gasteiger charge is 2.40. The van der Waals surface area contributed by atoms with Crippen molar-refractivity contribution in [2.24, 2.45) is 0 Å². The van der Waals surface area contributed by atoms with Crippen molar-refractivity contribution in [1.29, 1.82) is 0 Å². The lowest BCUT2D eigenvalue weighted by Gasteiger charge is -2.45. The Morgan fingerprint density at radius 2 is 1.81 bits per heavy atom. The number of benzene rings is 2. The number of anilines is 3. The molecule has 0 saturated carbocycles. The maximum absolute atomic E-state index is 13.4. The van der Waals surface area contributed by atoms with Crippen LogP contribution in [-0.4, -0.2) is 55.8 Å². The van der Waals surface area contributed by atoms with Gasteiger partial charge in [-0.3, -0.25) is 19.3 Å². The Bertz CT molecular complexity index is 1030. The molecule has 1 saturated heterocycles. The quantitative estimate of drug-likeness (QED) is 0.784. The molecule has 2 heterocycles. The van der Waals surface area contributed by atoms with Crippen molar-refractivity contribution in [2.45, 2.75) is 38.6 Å². The van der Waals surface area contributed by atoms with Gasteiger partial charge in [-0.25, -0.2) is 0 Å². The first-order valence-corrected chi connectivity index (χ1v) is 11.2. The molecular weight excluding hydrogens is 404 g/mol. The van der Waals surface area contributed by atoms with Gasteiger partial charge < -0.3 is 15.1 Å². The average molecular weight is 435 g/mol. The minimum absolute atomic E-state index is 0.0804. The highest BCUT2D eigenvalue weighted by atomic mass is 16.2. The van der Waals surface area contributed by atoms with Gasteiger partial charge in [-0.2, -0.15) is 0 Å². The van der Waals surface area contributed by atoms with Gasteiger partial charge in [0.25, 0.3) is 5.91 Å². The van der Waals surface area contributed by atoms with Crippen LogP contribution < -0.4 is 15.1 Å². The van der Waals surface area contributed by atoms with Crippen molar-refractivity contribution in [3.05, 3.63) is 53.6 Å². The average Bonchev–Trinajstić information content (AvgIpc) is 2.81. The highest BCUT2D eigenvalue weighted by Crippen LogP contribution is 2.40. The van der Waals surface area contributed by atoms with Gasteiger partial charge in [-0.05, 0) is 61.6 Å². The molecule has 1 N–H and O–H groups in total. The number of hydrogen-bond acceptors (Lipinski definition) is 4. The Labute approximate surface area is 189 Å². The molecule has 1 atom stereocenters. The Morgan fingerprint density at radius 1 is 1.06 bits per heavy atom. The number of nitrogens with one attached hydrogen (secondary N) is 1. The summed E-state index contributed by atoms with van der Waals surface area (Å²) >= 11 is 0. The molecule has 2 aromatic rings. The molecule has 0 aliphatic carbocycles. The predicted molar refractivity (Wildman–Crippen MR) is 126 cm³/mol. The molecule has 7 nitrogen and oxygen atoms in total. The summed E-state index contributed by atoms with van der Waals surface area (Å²) in [5.41, 5.74) is 3.92. The van der Waals surface area contributed by atoms with Crippen molar-refractivity contribution < 1.29 is 14.4 Å². The second-order valence-electron chi connectivity index (χ2n) is 8.63. The van der Waals surface area contributed by atoms with Crippen LogP contribution in [0, 0.1) is 0 Å². The molecule has 0 bridgehead atoms. The number of aryl methyl sites for hydroxylation is 1. The van der Waals surface area contributed by atoms with Crippen LogP contribution in [0.4, 0.5) is 17.1 Å². The number of rotatable bonds is 5. The normalized spacial score (nSPS) is 17.5. The summed E-state index contributed by atoms with van der Waals surface area (Å²) in [6.07, 6.45) is 3.71. The highest BCUT2D eigenvalue weighted by molar-refractivity contribution is 6.11. The third kappa shape index (κ3) is 4.20. The maximum atomic E-state index is 13.4. The summed E-state index contributed by atoms with van der Waals surface area (Å²) in [6.45, 7) is 2.79. The number of carbonyl (C=O) groups excluding carboxylic acids is 3. The molecule has 0 aromatic heterocycles. The second-order valence-corrected chi connectivity index (χ2v) is 8.63. The number of hydrogen-bond donors (Lipinski definition) is 1. The first-order valence-electron chi connectivity index (χ1n) is 11.2. The van der Waals surface area contributed by atoms with Crippen molar-refractivity contribution in [3.63, 3.8) is 0 Å². The summed E-state index contributed by atoms with van der Waals surface area (Å²) in [4.78, 5) is 44.0. The third-order valence-corrected chi connectivity index (χ3v) is 6.23. The van der Waals surface area contributed by atoms with E-state index in [1.54, 1.807) is 31.1 Å². The van der Waals surface area contributed by atoms with Crippen LogP contribution in [0.25, 0.3) is 0 Å². The zero-order valence-corrected chi connectivity index (χ0v) is 18.9. The van der Waals surface area contributed by atoms with E-state index in [-0.39, 0.29) is 30.3 Å². The van der Waals surface area contributed by atoms with Gasteiger partial charge in [-0.15, -0.1) is 0 Å². The zero-order chi connectivity index (χ0) is 22.8. The Balaban J connectivity index is 1.63. The van der Waals surface area contributed by atoms with Crippen LogP contribution in [0.2, 0.25) is 0 Å². The van der Waals surface area contributed by atoms with E-state index in [2.05, 4.69) is 17.1 Å². The van der Waals surface area contributed by atoms with E-state index in [1.807, 2.05) is 30.3 Å². The third-order valence-electron chi connectivity index (χ3n) is 6.23. The lowest BCUT2D eigenvalue weighted by molar-refractivity contribution is -0.123. The zero-order valence-electron chi connectivity index (χ0n) is 18.9. The SMILES string of the molecule is CCc1ccc(NC(=O)CN2C(=O)[C@@H]3CCCCN3c3ccc(C(=O)N(C)C)cc32)cc1. The van der Waals surface area contributed by atoms with Crippen molar-refractivity contribution in [1.82, 2.24) is 4.90 Å². The van der Waals surface area contributed by atoms with Gasteiger partial charge in [0, 0.05) is 31.9 Å². The Kier molecular flexibility index (Phi) is 6.17. The fraction of sp³-hybridized carbons (Fsp3) is 0.400. The summed E-state index contributed by atoms with van der Waals surface area (Å²) in [6, 6.07) is 12.9. The number of amides is 3. The number of nitrogens with zero attached hydrogens (tertiary/aromatic N) is 3. The topological polar surface area (TPSA) is 73.0 Å². The van der Waals surface area contributed by atoms with E-state index >= 15 is 0 Å². The molecule has 4 rings (SSSR count). The molecule has 2 aliphatic heterocycles. The van der Waals surface area contributed by atoms with E-state index in [0.717, 1.165) is 37.9 Å². The van der Waals surface area contributed by atoms with Crippen LogP contribution in [0.5, 0.6) is 0 Å². The minimum Gasteiger partial charge on any atom is -0.358 e. The molecule has 2 aromatic carbocycles. The largest absolute Gasteiger partial charge is 0.358 e. The standard InChI is InChI=1S/C25H30N4O3/c1-4-17-8-11-19(12-9-17)26-23(30)16-29-22-15-18(24(31)27(2)3)10-13-20(22)28-14-6-5-7-21(28)25(29)32/h8-13,15,21H,4-7,14,16H2,1-3H3,(H,26,30)/t21-/m0/s1. The van der Waals surface area contributed by atoms with Gasteiger partial charge >= 0.3 is 0 Å². The Hall–Kier alpha value is -3.35. The molecule has 168 valence electrons.